The lowest BCUT2D eigenvalue weighted by Crippen LogP contribution is -2.49. The van der Waals surface area contributed by atoms with Crippen LogP contribution in [0.4, 0.5) is 0 Å². The predicted octanol–water partition coefficient (Wildman–Crippen LogP) is 7.59. The highest BCUT2D eigenvalue weighted by Crippen LogP contribution is 2.18. The van der Waals surface area contributed by atoms with Gasteiger partial charge in [-0.1, -0.05) is 124 Å². The molecule has 0 bridgehead atoms. The van der Waals surface area contributed by atoms with Crippen LogP contribution in [0.25, 0.3) is 0 Å². The molecule has 2 N–H and O–H groups in total. The Balaban J connectivity index is 2.37. The molecule has 0 fully saturated rings. The Morgan fingerprint density at radius 1 is 0.794 bits per heavy atom. The Bertz CT molecular complexity index is 519. The molecule has 1 heterocycles. The third-order valence-corrected chi connectivity index (χ3v) is 7.72. The van der Waals surface area contributed by atoms with E-state index in [1.807, 2.05) is 0 Å². The molecule has 0 aliphatic carbocycles. The molecule has 1 aliphatic rings. The lowest BCUT2D eigenvalue weighted by atomic mass is 9.95. The highest BCUT2D eigenvalue weighted by molar-refractivity contribution is 5.78. The second kappa shape index (κ2) is 21.2. The number of hydrogen-bond donors (Lipinski definition) is 2. The molecule has 1 aliphatic heterocycles. The molecule has 0 spiro atoms. The van der Waals surface area contributed by atoms with Crippen molar-refractivity contribution in [2.24, 2.45) is 5.92 Å². The van der Waals surface area contributed by atoms with Crippen LogP contribution in [-0.4, -0.2) is 42.0 Å². The Kier molecular flexibility index (Phi) is 19.3. The summed E-state index contributed by atoms with van der Waals surface area (Å²) in [6.07, 6.45) is 26.8. The van der Waals surface area contributed by atoms with Gasteiger partial charge in [-0.05, 0) is 25.7 Å². The quantitative estimate of drug-likeness (QED) is 0.117. The summed E-state index contributed by atoms with van der Waals surface area (Å²) in [7, 11) is 0. The van der Waals surface area contributed by atoms with Crippen LogP contribution in [-0.2, 0) is 4.79 Å². The molecule has 200 valence electrons. The maximum Gasteiger partial charge on any atom is 0.232 e. The van der Waals surface area contributed by atoms with Gasteiger partial charge < -0.3 is 5.32 Å². The summed E-state index contributed by atoms with van der Waals surface area (Å²) in [6.45, 7) is 11.0. The molecule has 0 radical (unpaired) electrons. The maximum atomic E-state index is 13.0. The van der Waals surface area contributed by atoms with E-state index in [-0.39, 0.29) is 17.9 Å². The number of hydrogen-bond acceptors (Lipinski definition) is 2. The number of carbonyl (C=O) groups is 1. The van der Waals surface area contributed by atoms with Gasteiger partial charge in [0.2, 0.25) is 12.2 Å². The van der Waals surface area contributed by atoms with Crippen LogP contribution in [0.2, 0.25) is 0 Å². The smallest absolute Gasteiger partial charge is 0.232 e. The minimum Gasteiger partial charge on any atom is -0.349 e. The van der Waals surface area contributed by atoms with Gasteiger partial charge in [0, 0.05) is 5.92 Å². The van der Waals surface area contributed by atoms with Crippen molar-refractivity contribution in [2.75, 3.05) is 13.1 Å². The van der Waals surface area contributed by atoms with Crippen molar-refractivity contribution in [1.29, 1.82) is 0 Å². The molecule has 4 heteroatoms. The van der Waals surface area contributed by atoms with Gasteiger partial charge in [0.25, 0.3) is 0 Å². The molecule has 1 rings (SSSR count). The standard InChI is InChI=1S/C30H59N3O/c1-5-8-10-12-14-16-18-20-22-27(4)30(34)32-28(7-3)29(33-25-24-31-26-33)23-21-19-17-15-13-11-9-6-2/h26-29H,5-25H2,1-4H3,(H,32,34)/p+1. The van der Waals surface area contributed by atoms with Crippen molar-refractivity contribution in [2.45, 2.75) is 162 Å². The number of unbranched alkanes of at least 4 members (excludes halogenated alkanes) is 14. The second-order valence-corrected chi connectivity index (χ2v) is 10.8. The van der Waals surface area contributed by atoms with E-state index in [9.17, 15) is 4.79 Å². The highest BCUT2D eigenvalue weighted by Gasteiger charge is 2.30. The zero-order valence-corrected chi connectivity index (χ0v) is 23.5. The molecule has 34 heavy (non-hydrogen) atoms. The van der Waals surface area contributed by atoms with Crippen molar-refractivity contribution < 1.29 is 9.37 Å². The van der Waals surface area contributed by atoms with Crippen LogP contribution in [0.5, 0.6) is 0 Å². The van der Waals surface area contributed by atoms with Gasteiger partial charge in [0.05, 0.1) is 6.04 Å². The number of rotatable bonds is 23. The molecule has 3 atom stereocenters. The van der Waals surface area contributed by atoms with Gasteiger partial charge in [-0.15, -0.1) is 0 Å². The van der Waals surface area contributed by atoms with E-state index in [1.54, 1.807) is 0 Å². The second-order valence-electron chi connectivity index (χ2n) is 10.8. The monoisotopic (exact) mass is 478 g/mol. The summed E-state index contributed by atoms with van der Waals surface area (Å²) in [5.74, 6) is 0.390. The van der Waals surface area contributed by atoms with Crippen LogP contribution >= 0.6 is 0 Å². The Morgan fingerprint density at radius 2 is 1.29 bits per heavy atom. The molecule has 0 aromatic rings. The minimum absolute atomic E-state index is 0.124. The summed E-state index contributed by atoms with van der Waals surface area (Å²) in [6, 6.07) is 0.661. The molecule has 0 saturated carbocycles. The Morgan fingerprint density at radius 3 is 1.76 bits per heavy atom. The number of amides is 1. The average molecular weight is 479 g/mol. The normalized spacial score (nSPS) is 16.1. The van der Waals surface area contributed by atoms with Crippen molar-refractivity contribution >= 4 is 12.2 Å². The van der Waals surface area contributed by atoms with E-state index in [0.717, 1.165) is 25.9 Å². The first-order chi connectivity index (χ1) is 16.6. The summed E-state index contributed by atoms with van der Waals surface area (Å²) in [5.41, 5.74) is 0. The van der Waals surface area contributed by atoms with Gasteiger partial charge in [-0.3, -0.25) is 14.7 Å². The van der Waals surface area contributed by atoms with Gasteiger partial charge in [-0.2, -0.15) is 0 Å². The molecular weight excluding hydrogens is 418 g/mol. The van der Waals surface area contributed by atoms with Gasteiger partial charge in [0.1, 0.15) is 19.1 Å². The van der Waals surface area contributed by atoms with E-state index in [4.69, 9.17) is 0 Å². The summed E-state index contributed by atoms with van der Waals surface area (Å²) in [5, 5.41) is 6.85. The lowest BCUT2D eigenvalue weighted by molar-refractivity contribution is -0.558. The molecule has 4 nitrogen and oxygen atoms in total. The number of carbonyl (C=O) groups excluding carboxylic acids is 1. The maximum absolute atomic E-state index is 13.0. The first kappa shape index (κ1) is 31.0. The minimum atomic E-state index is 0.124. The average Bonchev–Trinajstić information content (AvgIpc) is 3.38. The summed E-state index contributed by atoms with van der Waals surface area (Å²) >= 11 is 0. The third kappa shape index (κ3) is 14.4. The van der Waals surface area contributed by atoms with Gasteiger partial charge >= 0.3 is 0 Å². The zero-order valence-electron chi connectivity index (χ0n) is 23.5. The molecule has 1 amide bonds. The van der Waals surface area contributed by atoms with Crippen LogP contribution in [0, 0.1) is 5.92 Å². The first-order valence-electron chi connectivity index (χ1n) is 15.3. The van der Waals surface area contributed by atoms with Crippen molar-refractivity contribution in [3.05, 3.63) is 0 Å². The molecule has 0 aromatic heterocycles. The van der Waals surface area contributed by atoms with Gasteiger partial charge in [-0.25, -0.2) is 0 Å². The van der Waals surface area contributed by atoms with E-state index < -0.39 is 0 Å². The fourth-order valence-corrected chi connectivity index (χ4v) is 5.30. The Hall–Kier alpha value is -1.06. The largest absolute Gasteiger partial charge is 0.349 e. The van der Waals surface area contributed by atoms with Crippen LogP contribution in [0.3, 0.4) is 0 Å². The zero-order chi connectivity index (χ0) is 24.9. The summed E-state index contributed by atoms with van der Waals surface area (Å²) < 4.78 is 2.46. The van der Waals surface area contributed by atoms with E-state index in [1.165, 1.54) is 109 Å². The number of nitrogens with zero attached hydrogens (tertiary/aromatic N) is 1. The van der Waals surface area contributed by atoms with E-state index in [2.05, 4.69) is 49.2 Å². The van der Waals surface area contributed by atoms with Crippen LogP contribution in [0.15, 0.2) is 0 Å². The van der Waals surface area contributed by atoms with Crippen LogP contribution < -0.4 is 10.6 Å². The lowest BCUT2D eigenvalue weighted by Gasteiger charge is -2.28. The predicted molar refractivity (Wildman–Crippen MR) is 149 cm³/mol. The topological polar surface area (TPSA) is 44.1 Å². The molecular formula is C30H60N3O+. The SMILES string of the molecule is CCCCCCCCCCC(C)C(=O)NC(CC)C(CCCCCCCCCC)[N+]1=CNCC1. The highest BCUT2D eigenvalue weighted by atomic mass is 16.1. The third-order valence-electron chi connectivity index (χ3n) is 7.72. The molecule has 3 unspecified atom stereocenters. The Labute approximate surface area is 213 Å². The molecule has 0 aromatic carbocycles. The summed E-state index contributed by atoms with van der Waals surface area (Å²) in [4.78, 5) is 13.0. The van der Waals surface area contributed by atoms with Crippen molar-refractivity contribution in [1.82, 2.24) is 10.6 Å². The fourth-order valence-electron chi connectivity index (χ4n) is 5.30. The fraction of sp³-hybridized carbons (Fsp3) is 0.933. The van der Waals surface area contributed by atoms with E-state index in [0.29, 0.717) is 6.04 Å². The molecule has 0 saturated heterocycles. The van der Waals surface area contributed by atoms with Gasteiger partial charge in [0.15, 0.2) is 0 Å². The first-order valence-corrected chi connectivity index (χ1v) is 15.3. The van der Waals surface area contributed by atoms with Crippen molar-refractivity contribution in [3.8, 4) is 0 Å². The number of nitrogens with one attached hydrogen (secondary N) is 2. The van der Waals surface area contributed by atoms with E-state index >= 15 is 0 Å². The van der Waals surface area contributed by atoms with Crippen molar-refractivity contribution in [3.63, 3.8) is 0 Å². The van der Waals surface area contributed by atoms with Crippen LogP contribution in [0.1, 0.15) is 150 Å².